The molecule has 0 saturated heterocycles. The lowest BCUT2D eigenvalue weighted by Gasteiger charge is -2.11. The molecule has 1 aromatic heterocycles. The van der Waals surface area contributed by atoms with Crippen LogP contribution in [0.5, 0.6) is 0 Å². The number of hydrogen-bond acceptors (Lipinski definition) is 5. The quantitative estimate of drug-likeness (QED) is 0.905. The maximum Gasteiger partial charge on any atom is 0.253 e. The van der Waals surface area contributed by atoms with Crippen molar-refractivity contribution >= 4 is 11.6 Å². The summed E-state index contributed by atoms with van der Waals surface area (Å²) < 4.78 is 5.00. The normalized spacial score (nSPS) is 10.3. The van der Waals surface area contributed by atoms with E-state index in [1.807, 2.05) is 12.1 Å². The molecule has 6 heteroatoms. The number of amides is 1. The highest BCUT2D eigenvalue weighted by Crippen LogP contribution is 2.13. The van der Waals surface area contributed by atoms with E-state index in [0.29, 0.717) is 23.8 Å². The molecule has 2 rings (SSSR count). The molecule has 0 spiro atoms. The fourth-order valence-electron chi connectivity index (χ4n) is 1.61. The summed E-state index contributed by atoms with van der Waals surface area (Å²) in [5, 5.41) is 6.85. The highest BCUT2D eigenvalue weighted by atomic mass is 16.5. The number of aryl methyl sites for hydroxylation is 1. The van der Waals surface area contributed by atoms with Crippen molar-refractivity contribution in [2.45, 2.75) is 13.5 Å². The molecular formula is C13H16N4O2. The molecule has 0 aliphatic heterocycles. The van der Waals surface area contributed by atoms with E-state index in [4.69, 9.17) is 4.52 Å². The van der Waals surface area contributed by atoms with Crippen molar-refractivity contribution in [1.29, 1.82) is 0 Å². The van der Waals surface area contributed by atoms with Gasteiger partial charge in [-0.3, -0.25) is 4.79 Å². The number of nitrogens with zero attached hydrogens (tertiary/aromatic N) is 3. The molecule has 0 fully saturated rings. The van der Waals surface area contributed by atoms with Crippen LogP contribution in [-0.2, 0) is 6.54 Å². The molecule has 19 heavy (non-hydrogen) atoms. The topological polar surface area (TPSA) is 71.3 Å². The molecular weight excluding hydrogens is 244 g/mol. The van der Waals surface area contributed by atoms with Gasteiger partial charge >= 0.3 is 0 Å². The van der Waals surface area contributed by atoms with E-state index in [2.05, 4.69) is 15.5 Å². The van der Waals surface area contributed by atoms with Gasteiger partial charge in [0.2, 0.25) is 5.89 Å². The minimum absolute atomic E-state index is 0.0303. The lowest BCUT2D eigenvalue weighted by atomic mass is 10.2. The van der Waals surface area contributed by atoms with Gasteiger partial charge in [-0.2, -0.15) is 4.98 Å². The van der Waals surface area contributed by atoms with Crippen molar-refractivity contribution < 1.29 is 9.32 Å². The summed E-state index contributed by atoms with van der Waals surface area (Å²) in [5.74, 6) is 1.09. The standard InChI is InChI=1S/C13H16N4O2/c1-9-15-12(19-16-9)8-14-11-6-4-5-10(7-11)13(18)17(2)3/h4-7,14H,8H2,1-3H3. The Hall–Kier alpha value is -2.37. The zero-order valence-electron chi connectivity index (χ0n) is 11.2. The average molecular weight is 260 g/mol. The minimum Gasteiger partial charge on any atom is -0.376 e. The van der Waals surface area contributed by atoms with E-state index in [9.17, 15) is 4.79 Å². The summed E-state index contributed by atoms with van der Waals surface area (Å²) in [5.41, 5.74) is 1.47. The highest BCUT2D eigenvalue weighted by molar-refractivity contribution is 5.94. The van der Waals surface area contributed by atoms with Gasteiger partial charge in [-0.05, 0) is 25.1 Å². The Kier molecular flexibility index (Phi) is 3.79. The smallest absolute Gasteiger partial charge is 0.253 e. The molecule has 0 atom stereocenters. The number of aromatic nitrogens is 2. The third kappa shape index (κ3) is 3.31. The second-order valence-electron chi connectivity index (χ2n) is 4.37. The van der Waals surface area contributed by atoms with Gasteiger partial charge in [-0.25, -0.2) is 0 Å². The molecule has 1 amide bonds. The van der Waals surface area contributed by atoms with Crippen molar-refractivity contribution in [3.8, 4) is 0 Å². The molecule has 2 aromatic rings. The Balaban J connectivity index is 2.05. The molecule has 0 radical (unpaired) electrons. The van der Waals surface area contributed by atoms with Crippen molar-refractivity contribution in [3.63, 3.8) is 0 Å². The van der Waals surface area contributed by atoms with Crippen LogP contribution in [0.3, 0.4) is 0 Å². The first-order valence-electron chi connectivity index (χ1n) is 5.91. The molecule has 0 aliphatic carbocycles. The summed E-state index contributed by atoms with van der Waals surface area (Å²) in [6.07, 6.45) is 0. The van der Waals surface area contributed by atoms with Gasteiger partial charge in [0.15, 0.2) is 5.82 Å². The van der Waals surface area contributed by atoms with Crippen LogP contribution in [0.15, 0.2) is 28.8 Å². The Morgan fingerprint density at radius 3 is 2.84 bits per heavy atom. The van der Waals surface area contributed by atoms with E-state index < -0.39 is 0 Å². The molecule has 1 N–H and O–H groups in total. The van der Waals surface area contributed by atoms with Gasteiger partial charge in [0, 0.05) is 25.3 Å². The molecule has 0 unspecified atom stereocenters. The fourth-order valence-corrected chi connectivity index (χ4v) is 1.61. The van der Waals surface area contributed by atoms with Gasteiger partial charge < -0.3 is 14.7 Å². The van der Waals surface area contributed by atoms with E-state index in [1.165, 1.54) is 0 Å². The molecule has 0 bridgehead atoms. The maximum atomic E-state index is 11.8. The highest BCUT2D eigenvalue weighted by Gasteiger charge is 2.08. The zero-order valence-corrected chi connectivity index (χ0v) is 11.2. The van der Waals surface area contributed by atoms with Crippen molar-refractivity contribution in [2.24, 2.45) is 0 Å². The van der Waals surface area contributed by atoms with Gasteiger partial charge in [-0.1, -0.05) is 11.2 Å². The zero-order chi connectivity index (χ0) is 13.8. The maximum absolute atomic E-state index is 11.8. The van der Waals surface area contributed by atoms with E-state index >= 15 is 0 Å². The van der Waals surface area contributed by atoms with E-state index in [-0.39, 0.29) is 5.91 Å². The van der Waals surface area contributed by atoms with Crippen LogP contribution >= 0.6 is 0 Å². The number of anilines is 1. The number of rotatable bonds is 4. The predicted octanol–water partition coefficient (Wildman–Crippen LogP) is 1.69. The summed E-state index contributed by atoms with van der Waals surface area (Å²) in [4.78, 5) is 17.5. The third-order valence-electron chi connectivity index (χ3n) is 2.53. The predicted molar refractivity (Wildman–Crippen MR) is 70.8 cm³/mol. The second kappa shape index (κ2) is 5.51. The van der Waals surface area contributed by atoms with Gasteiger partial charge in [0.25, 0.3) is 5.91 Å². The molecule has 6 nitrogen and oxygen atoms in total. The first-order chi connectivity index (χ1) is 9.06. The number of hydrogen-bond donors (Lipinski definition) is 1. The Bertz CT molecular complexity index is 578. The molecule has 1 aromatic carbocycles. The summed E-state index contributed by atoms with van der Waals surface area (Å²) >= 11 is 0. The summed E-state index contributed by atoms with van der Waals surface area (Å²) in [6.45, 7) is 2.20. The van der Waals surface area contributed by atoms with Crippen molar-refractivity contribution in [2.75, 3.05) is 19.4 Å². The molecule has 100 valence electrons. The molecule has 0 saturated carbocycles. The number of carbonyl (C=O) groups is 1. The molecule has 1 heterocycles. The minimum atomic E-state index is -0.0303. The fraction of sp³-hybridized carbons (Fsp3) is 0.308. The van der Waals surface area contributed by atoms with E-state index in [1.54, 1.807) is 38.1 Å². The number of carbonyl (C=O) groups excluding carboxylic acids is 1. The number of nitrogens with one attached hydrogen (secondary N) is 1. The van der Waals surface area contributed by atoms with Gasteiger partial charge in [0.05, 0.1) is 6.54 Å². The average Bonchev–Trinajstić information content (AvgIpc) is 2.81. The second-order valence-corrected chi connectivity index (χ2v) is 4.37. The van der Waals surface area contributed by atoms with Crippen LogP contribution in [0.1, 0.15) is 22.1 Å². The summed E-state index contributed by atoms with van der Waals surface area (Å²) in [7, 11) is 3.45. The number of benzene rings is 1. The Morgan fingerprint density at radius 2 is 2.21 bits per heavy atom. The third-order valence-corrected chi connectivity index (χ3v) is 2.53. The lowest BCUT2D eigenvalue weighted by molar-refractivity contribution is 0.0827. The van der Waals surface area contributed by atoms with Crippen LogP contribution in [0, 0.1) is 6.92 Å². The monoisotopic (exact) mass is 260 g/mol. The van der Waals surface area contributed by atoms with Gasteiger partial charge in [0.1, 0.15) is 0 Å². The largest absolute Gasteiger partial charge is 0.376 e. The first-order valence-corrected chi connectivity index (χ1v) is 5.91. The lowest BCUT2D eigenvalue weighted by Crippen LogP contribution is -2.21. The van der Waals surface area contributed by atoms with Crippen LogP contribution in [0.25, 0.3) is 0 Å². The van der Waals surface area contributed by atoms with Crippen LogP contribution in [0.2, 0.25) is 0 Å². The van der Waals surface area contributed by atoms with Crippen LogP contribution in [-0.4, -0.2) is 35.0 Å². The Morgan fingerprint density at radius 1 is 1.42 bits per heavy atom. The van der Waals surface area contributed by atoms with Crippen LogP contribution < -0.4 is 5.32 Å². The SMILES string of the molecule is Cc1noc(CNc2cccc(C(=O)N(C)C)c2)n1. The first kappa shape index (κ1) is 13.1. The van der Waals surface area contributed by atoms with Crippen LogP contribution in [0.4, 0.5) is 5.69 Å². The molecule has 0 aliphatic rings. The van der Waals surface area contributed by atoms with Gasteiger partial charge in [-0.15, -0.1) is 0 Å². The van der Waals surface area contributed by atoms with Crippen molar-refractivity contribution in [3.05, 3.63) is 41.5 Å². The van der Waals surface area contributed by atoms with E-state index in [0.717, 1.165) is 5.69 Å². The Labute approximate surface area is 111 Å². The van der Waals surface area contributed by atoms with Crippen molar-refractivity contribution in [1.82, 2.24) is 15.0 Å². The summed E-state index contributed by atoms with van der Waals surface area (Å²) in [6, 6.07) is 7.30.